The molecule has 0 aliphatic carbocycles. The van der Waals surface area contributed by atoms with E-state index in [4.69, 9.17) is 0 Å². The fourth-order valence-electron chi connectivity index (χ4n) is 3.70. The van der Waals surface area contributed by atoms with Gasteiger partial charge in [-0.15, -0.1) is 0 Å². The number of nitrogens with one attached hydrogen (secondary N) is 1. The number of allylic oxidation sites excluding steroid dienone is 2. The lowest BCUT2D eigenvalue weighted by Gasteiger charge is -2.03. The van der Waals surface area contributed by atoms with E-state index >= 15 is 0 Å². The molecule has 2 nitrogen and oxygen atoms in total. The molecule has 0 atom stereocenters. The van der Waals surface area contributed by atoms with Crippen molar-refractivity contribution in [3.05, 3.63) is 12.2 Å². The van der Waals surface area contributed by atoms with Gasteiger partial charge < -0.3 is 5.32 Å². The Kier molecular flexibility index (Phi) is 23.6. The summed E-state index contributed by atoms with van der Waals surface area (Å²) in [5.74, 6) is 0.218. The summed E-state index contributed by atoms with van der Waals surface area (Å²) in [6.07, 6.45) is 31.2. The van der Waals surface area contributed by atoms with Crippen molar-refractivity contribution in [3.63, 3.8) is 0 Å². The van der Waals surface area contributed by atoms with Gasteiger partial charge in [-0.2, -0.15) is 0 Å². The number of unbranched alkanes of at least 4 members (excludes halogenated alkanes) is 17. The molecule has 0 radical (unpaired) electrons. The van der Waals surface area contributed by atoms with Gasteiger partial charge in [-0.25, -0.2) is 0 Å². The molecule has 0 rings (SSSR count). The van der Waals surface area contributed by atoms with Crippen molar-refractivity contribution in [1.82, 2.24) is 5.32 Å². The molecule has 0 aliphatic rings. The Bertz CT molecular complexity index is 337. The molecule has 0 bridgehead atoms. The standard InChI is InChI=1S/C26H51NO/c1-3-5-6-7-8-9-10-11-12-13-14-15-16-17-18-19-20-21-22-23-24-25-26(28)27-4-2/h11-12H,3-10,13-25H2,1-2H3,(H,27,28)/b12-11-. The van der Waals surface area contributed by atoms with E-state index in [1.165, 1.54) is 116 Å². The summed E-state index contributed by atoms with van der Waals surface area (Å²) in [5, 5.41) is 2.87. The van der Waals surface area contributed by atoms with Crippen LogP contribution in [0.15, 0.2) is 12.2 Å². The van der Waals surface area contributed by atoms with E-state index in [2.05, 4.69) is 24.4 Å². The largest absolute Gasteiger partial charge is 0.356 e. The molecule has 28 heavy (non-hydrogen) atoms. The number of carbonyl (C=O) groups excluding carboxylic acids is 1. The van der Waals surface area contributed by atoms with Gasteiger partial charge in [0.1, 0.15) is 0 Å². The second-order valence-electron chi connectivity index (χ2n) is 8.41. The van der Waals surface area contributed by atoms with E-state index < -0.39 is 0 Å². The third-order valence-electron chi connectivity index (χ3n) is 5.54. The van der Waals surface area contributed by atoms with Gasteiger partial charge >= 0.3 is 0 Å². The molecule has 0 unspecified atom stereocenters. The summed E-state index contributed by atoms with van der Waals surface area (Å²) < 4.78 is 0. The molecule has 0 heterocycles. The molecule has 0 aromatic rings. The van der Waals surface area contributed by atoms with Crippen LogP contribution in [-0.2, 0) is 4.79 Å². The normalized spacial score (nSPS) is 11.4. The third kappa shape index (κ3) is 23.2. The van der Waals surface area contributed by atoms with Crippen molar-refractivity contribution < 1.29 is 4.79 Å². The monoisotopic (exact) mass is 393 g/mol. The SMILES string of the molecule is CCCCCCCC/C=C\CCCCCCCCCCCCCC(=O)NCC. The fraction of sp³-hybridized carbons (Fsp3) is 0.885. The van der Waals surface area contributed by atoms with Crippen LogP contribution in [0.5, 0.6) is 0 Å². The molecule has 0 saturated carbocycles. The van der Waals surface area contributed by atoms with E-state index in [0.29, 0.717) is 6.42 Å². The van der Waals surface area contributed by atoms with Gasteiger partial charge in [-0.1, -0.05) is 109 Å². The van der Waals surface area contributed by atoms with E-state index in [0.717, 1.165) is 13.0 Å². The van der Waals surface area contributed by atoms with Crippen molar-refractivity contribution in [2.45, 2.75) is 142 Å². The highest BCUT2D eigenvalue weighted by atomic mass is 16.1. The topological polar surface area (TPSA) is 29.1 Å². The van der Waals surface area contributed by atoms with Gasteiger partial charge in [-0.05, 0) is 39.0 Å². The van der Waals surface area contributed by atoms with Crippen LogP contribution in [0.3, 0.4) is 0 Å². The molecule has 0 aromatic carbocycles. The first-order valence-corrected chi connectivity index (χ1v) is 12.7. The fourth-order valence-corrected chi connectivity index (χ4v) is 3.70. The third-order valence-corrected chi connectivity index (χ3v) is 5.54. The summed E-state index contributed by atoms with van der Waals surface area (Å²) in [5.41, 5.74) is 0. The maximum Gasteiger partial charge on any atom is 0.219 e. The first kappa shape index (κ1) is 27.2. The summed E-state index contributed by atoms with van der Waals surface area (Å²) in [7, 11) is 0. The molecule has 0 spiro atoms. The number of hydrogen-bond donors (Lipinski definition) is 1. The minimum Gasteiger partial charge on any atom is -0.356 e. The summed E-state index contributed by atoms with van der Waals surface area (Å²) in [6, 6.07) is 0. The molecule has 0 saturated heterocycles. The molecule has 0 aromatic heterocycles. The van der Waals surface area contributed by atoms with Crippen LogP contribution in [-0.4, -0.2) is 12.5 Å². The predicted octanol–water partition coefficient (Wildman–Crippen LogP) is 8.50. The molecule has 1 N–H and O–H groups in total. The van der Waals surface area contributed by atoms with Gasteiger partial charge in [-0.3, -0.25) is 4.79 Å². The molecular weight excluding hydrogens is 342 g/mol. The van der Waals surface area contributed by atoms with Crippen LogP contribution < -0.4 is 5.32 Å². The first-order valence-electron chi connectivity index (χ1n) is 12.7. The Morgan fingerprint density at radius 3 is 1.39 bits per heavy atom. The number of rotatable bonds is 22. The molecule has 166 valence electrons. The molecule has 1 amide bonds. The van der Waals surface area contributed by atoms with E-state index in [9.17, 15) is 4.79 Å². The van der Waals surface area contributed by atoms with E-state index in [1.54, 1.807) is 0 Å². The minimum absolute atomic E-state index is 0.218. The summed E-state index contributed by atoms with van der Waals surface area (Å²) in [4.78, 5) is 11.3. The van der Waals surface area contributed by atoms with Gasteiger partial charge in [0.25, 0.3) is 0 Å². The number of amides is 1. The zero-order valence-electron chi connectivity index (χ0n) is 19.4. The van der Waals surface area contributed by atoms with Crippen LogP contribution in [0.2, 0.25) is 0 Å². The highest BCUT2D eigenvalue weighted by Gasteiger charge is 1.98. The van der Waals surface area contributed by atoms with Gasteiger partial charge in [0.05, 0.1) is 0 Å². The summed E-state index contributed by atoms with van der Waals surface area (Å²) >= 11 is 0. The molecule has 0 fully saturated rings. The van der Waals surface area contributed by atoms with Gasteiger partial charge in [0, 0.05) is 13.0 Å². The van der Waals surface area contributed by atoms with E-state index in [1.807, 2.05) is 6.92 Å². The van der Waals surface area contributed by atoms with Crippen molar-refractivity contribution in [3.8, 4) is 0 Å². The minimum atomic E-state index is 0.218. The van der Waals surface area contributed by atoms with Crippen LogP contribution in [0.1, 0.15) is 142 Å². The maximum atomic E-state index is 11.3. The zero-order chi connectivity index (χ0) is 20.5. The van der Waals surface area contributed by atoms with Crippen molar-refractivity contribution in [1.29, 1.82) is 0 Å². The van der Waals surface area contributed by atoms with Crippen molar-refractivity contribution >= 4 is 5.91 Å². The second kappa shape index (κ2) is 24.2. The maximum absolute atomic E-state index is 11.3. The lowest BCUT2D eigenvalue weighted by molar-refractivity contribution is -0.121. The zero-order valence-corrected chi connectivity index (χ0v) is 19.4. The highest BCUT2D eigenvalue weighted by molar-refractivity contribution is 5.75. The summed E-state index contributed by atoms with van der Waals surface area (Å²) in [6.45, 7) is 5.02. The Morgan fingerprint density at radius 2 is 0.964 bits per heavy atom. The lowest BCUT2D eigenvalue weighted by atomic mass is 10.0. The van der Waals surface area contributed by atoms with Crippen LogP contribution in [0.25, 0.3) is 0 Å². The highest BCUT2D eigenvalue weighted by Crippen LogP contribution is 2.13. The lowest BCUT2D eigenvalue weighted by Crippen LogP contribution is -2.21. The smallest absolute Gasteiger partial charge is 0.219 e. The average Bonchev–Trinajstić information content (AvgIpc) is 2.69. The van der Waals surface area contributed by atoms with Crippen LogP contribution >= 0.6 is 0 Å². The second-order valence-corrected chi connectivity index (χ2v) is 8.41. The van der Waals surface area contributed by atoms with Crippen molar-refractivity contribution in [2.75, 3.05) is 6.54 Å². The Morgan fingerprint density at radius 1 is 0.571 bits per heavy atom. The molecule has 2 heteroatoms. The Balaban J connectivity index is 3.10. The first-order chi connectivity index (χ1) is 13.8. The van der Waals surface area contributed by atoms with E-state index in [-0.39, 0.29) is 5.91 Å². The number of carbonyl (C=O) groups is 1. The van der Waals surface area contributed by atoms with Gasteiger partial charge in [0.15, 0.2) is 0 Å². The average molecular weight is 394 g/mol. The Labute approximate surface area is 177 Å². The van der Waals surface area contributed by atoms with Crippen molar-refractivity contribution in [2.24, 2.45) is 0 Å². The van der Waals surface area contributed by atoms with Crippen LogP contribution in [0.4, 0.5) is 0 Å². The quantitative estimate of drug-likeness (QED) is 0.145. The Hall–Kier alpha value is -0.790. The van der Waals surface area contributed by atoms with Crippen LogP contribution in [0, 0.1) is 0 Å². The molecule has 0 aliphatic heterocycles. The van der Waals surface area contributed by atoms with Gasteiger partial charge in [0.2, 0.25) is 5.91 Å². The number of hydrogen-bond acceptors (Lipinski definition) is 1. The molecular formula is C26H51NO. The predicted molar refractivity (Wildman–Crippen MR) is 126 cm³/mol.